The molecule has 0 saturated carbocycles. The second kappa shape index (κ2) is 6.66. The van der Waals surface area contributed by atoms with E-state index in [2.05, 4.69) is 29.8 Å². The Morgan fingerprint density at radius 2 is 2.17 bits per heavy atom. The molecule has 0 radical (unpaired) electrons. The van der Waals surface area contributed by atoms with Crippen molar-refractivity contribution in [3.05, 3.63) is 58.0 Å². The monoisotopic (exact) mass is 263 g/mol. The van der Waals surface area contributed by atoms with Crippen LogP contribution in [0.15, 0.2) is 41.8 Å². The average molecular weight is 263 g/mol. The molecule has 1 aromatic carbocycles. The van der Waals surface area contributed by atoms with E-state index in [0.29, 0.717) is 5.92 Å². The van der Waals surface area contributed by atoms with Crippen molar-refractivity contribution in [2.45, 2.75) is 19.3 Å². The first-order valence-corrected chi connectivity index (χ1v) is 7.16. The zero-order valence-electron chi connectivity index (χ0n) is 10.5. The molecule has 1 aromatic heterocycles. The maximum Gasteiger partial charge on any atom is 0.123 e. The van der Waals surface area contributed by atoms with Crippen molar-refractivity contribution in [1.82, 2.24) is 5.32 Å². The lowest BCUT2D eigenvalue weighted by Gasteiger charge is -2.17. The third kappa shape index (κ3) is 3.65. The van der Waals surface area contributed by atoms with Gasteiger partial charge < -0.3 is 5.32 Å². The molecule has 0 fully saturated rings. The minimum atomic E-state index is -0.153. The summed E-state index contributed by atoms with van der Waals surface area (Å²) in [5.41, 5.74) is 1.07. The Bertz CT molecular complexity index is 467. The number of hydrogen-bond donors (Lipinski definition) is 1. The molecule has 0 aliphatic carbocycles. The Morgan fingerprint density at radius 3 is 2.83 bits per heavy atom. The predicted octanol–water partition coefficient (Wildman–Crippen LogP) is 3.82. The molecule has 0 bridgehead atoms. The average Bonchev–Trinajstić information content (AvgIpc) is 2.87. The van der Waals surface area contributed by atoms with Gasteiger partial charge in [0.1, 0.15) is 5.82 Å². The minimum absolute atomic E-state index is 0.153. The summed E-state index contributed by atoms with van der Waals surface area (Å²) < 4.78 is 13.3. The van der Waals surface area contributed by atoms with E-state index in [1.54, 1.807) is 23.5 Å². The molecule has 2 aromatic rings. The summed E-state index contributed by atoms with van der Waals surface area (Å²) in [6.45, 7) is 3.92. The highest BCUT2D eigenvalue weighted by Crippen LogP contribution is 2.23. The van der Waals surface area contributed by atoms with Crippen molar-refractivity contribution < 1.29 is 4.39 Å². The lowest BCUT2D eigenvalue weighted by Crippen LogP contribution is -2.22. The molecule has 3 heteroatoms. The van der Waals surface area contributed by atoms with Crippen LogP contribution in [0.5, 0.6) is 0 Å². The molecule has 1 N–H and O–H groups in total. The molecule has 1 heterocycles. The van der Waals surface area contributed by atoms with Crippen molar-refractivity contribution in [2.75, 3.05) is 13.1 Å². The summed E-state index contributed by atoms with van der Waals surface area (Å²) in [6.07, 6.45) is 0.966. The van der Waals surface area contributed by atoms with E-state index in [1.807, 2.05) is 6.07 Å². The fourth-order valence-electron chi connectivity index (χ4n) is 2.06. The van der Waals surface area contributed by atoms with Crippen LogP contribution in [-0.4, -0.2) is 13.1 Å². The summed E-state index contributed by atoms with van der Waals surface area (Å²) in [7, 11) is 0. The van der Waals surface area contributed by atoms with Crippen LogP contribution >= 0.6 is 11.3 Å². The zero-order chi connectivity index (χ0) is 12.8. The number of thiophene rings is 1. The van der Waals surface area contributed by atoms with Crippen molar-refractivity contribution >= 4 is 11.3 Å². The SMILES string of the molecule is CCNCC(Cc1cccs1)c1cccc(F)c1. The number of rotatable bonds is 6. The van der Waals surface area contributed by atoms with Crippen molar-refractivity contribution in [2.24, 2.45) is 0 Å². The molecule has 0 aliphatic rings. The number of likely N-dealkylation sites (N-methyl/N-ethyl adjacent to an activating group) is 1. The Kier molecular flexibility index (Phi) is 4.90. The van der Waals surface area contributed by atoms with Gasteiger partial charge in [-0.05, 0) is 42.1 Å². The van der Waals surface area contributed by atoms with Gasteiger partial charge in [-0.2, -0.15) is 0 Å². The van der Waals surface area contributed by atoms with Crippen LogP contribution < -0.4 is 5.32 Å². The molecule has 0 spiro atoms. The summed E-state index contributed by atoms with van der Waals surface area (Å²) in [4.78, 5) is 1.35. The first-order valence-electron chi connectivity index (χ1n) is 6.28. The molecule has 18 heavy (non-hydrogen) atoms. The number of benzene rings is 1. The van der Waals surface area contributed by atoms with E-state index < -0.39 is 0 Å². The van der Waals surface area contributed by atoms with Crippen molar-refractivity contribution in [3.63, 3.8) is 0 Å². The first kappa shape index (κ1) is 13.2. The predicted molar refractivity (Wildman–Crippen MR) is 75.7 cm³/mol. The largest absolute Gasteiger partial charge is 0.316 e. The molecule has 96 valence electrons. The van der Waals surface area contributed by atoms with Crippen LogP contribution in [0.2, 0.25) is 0 Å². The summed E-state index contributed by atoms with van der Waals surface area (Å²) >= 11 is 1.76. The van der Waals surface area contributed by atoms with Gasteiger partial charge in [-0.1, -0.05) is 25.1 Å². The molecule has 0 aliphatic heterocycles. The van der Waals surface area contributed by atoms with Crippen molar-refractivity contribution in [1.29, 1.82) is 0 Å². The van der Waals surface area contributed by atoms with Crippen LogP contribution in [0, 0.1) is 5.82 Å². The van der Waals surface area contributed by atoms with E-state index in [-0.39, 0.29) is 5.82 Å². The van der Waals surface area contributed by atoms with Gasteiger partial charge in [0.05, 0.1) is 0 Å². The van der Waals surface area contributed by atoms with Gasteiger partial charge in [-0.15, -0.1) is 11.3 Å². The molecule has 1 nitrogen and oxygen atoms in total. The van der Waals surface area contributed by atoms with Gasteiger partial charge in [0.2, 0.25) is 0 Å². The van der Waals surface area contributed by atoms with Gasteiger partial charge in [0, 0.05) is 17.3 Å². The van der Waals surface area contributed by atoms with E-state index in [1.165, 1.54) is 10.9 Å². The normalized spacial score (nSPS) is 12.6. The van der Waals surface area contributed by atoms with Crippen LogP contribution in [0.25, 0.3) is 0 Å². The smallest absolute Gasteiger partial charge is 0.123 e. The molecular formula is C15H18FNS. The topological polar surface area (TPSA) is 12.0 Å². The summed E-state index contributed by atoms with van der Waals surface area (Å²) in [6, 6.07) is 11.2. The lowest BCUT2D eigenvalue weighted by molar-refractivity contribution is 0.585. The van der Waals surface area contributed by atoms with E-state index >= 15 is 0 Å². The fourth-order valence-corrected chi connectivity index (χ4v) is 2.85. The number of halogens is 1. The quantitative estimate of drug-likeness (QED) is 0.835. The zero-order valence-corrected chi connectivity index (χ0v) is 11.3. The molecule has 1 atom stereocenters. The molecular weight excluding hydrogens is 245 g/mol. The van der Waals surface area contributed by atoms with Gasteiger partial charge in [0.25, 0.3) is 0 Å². The second-order valence-electron chi connectivity index (χ2n) is 4.34. The highest BCUT2D eigenvalue weighted by molar-refractivity contribution is 7.09. The van der Waals surface area contributed by atoms with Crippen LogP contribution in [0.1, 0.15) is 23.3 Å². The van der Waals surface area contributed by atoms with Crippen LogP contribution in [0.3, 0.4) is 0 Å². The van der Waals surface area contributed by atoms with Gasteiger partial charge in [-0.25, -0.2) is 4.39 Å². The molecule has 2 rings (SSSR count). The van der Waals surface area contributed by atoms with E-state index in [4.69, 9.17) is 0 Å². The lowest BCUT2D eigenvalue weighted by atomic mass is 9.95. The fraction of sp³-hybridized carbons (Fsp3) is 0.333. The summed E-state index contributed by atoms with van der Waals surface area (Å²) in [5, 5.41) is 5.45. The van der Waals surface area contributed by atoms with Crippen LogP contribution in [0.4, 0.5) is 4.39 Å². The Labute approximate surface area is 112 Å². The van der Waals surface area contributed by atoms with Gasteiger partial charge in [-0.3, -0.25) is 0 Å². The van der Waals surface area contributed by atoms with Crippen LogP contribution in [-0.2, 0) is 6.42 Å². The Balaban J connectivity index is 2.13. The molecule has 1 unspecified atom stereocenters. The summed E-state index contributed by atoms with van der Waals surface area (Å²) in [5.74, 6) is 0.180. The van der Waals surface area contributed by atoms with E-state index in [9.17, 15) is 4.39 Å². The van der Waals surface area contributed by atoms with Crippen molar-refractivity contribution in [3.8, 4) is 0 Å². The van der Waals surface area contributed by atoms with Gasteiger partial charge in [0.15, 0.2) is 0 Å². The standard InChI is InChI=1S/C15H18FNS/c1-2-17-11-13(10-15-7-4-8-18-15)12-5-3-6-14(16)9-12/h3-9,13,17H,2,10-11H2,1H3. The highest BCUT2D eigenvalue weighted by Gasteiger charge is 2.13. The maximum atomic E-state index is 13.3. The number of nitrogens with one attached hydrogen (secondary N) is 1. The highest BCUT2D eigenvalue weighted by atomic mass is 32.1. The third-order valence-electron chi connectivity index (χ3n) is 2.99. The first-order chi connectivity index (χ1) is 8.79. The van der Waals surface area contributed by atoms with E-state index in [0.717, 1.165) is 25.1 Å². The van der Waals surface area contributed by atoms with Gasteiger partial charge >= 0.3 is 0 Å². The number of hydrogen-bond acceptors (Lipinski definition) is 2. The molecule has 0 saturated heterocycles. The minimum Gasteiger partial charge on any atom is -0.316 e. The third-order valence-corrected chi connectivity index (χ3v) is 3.89. The molecule has 0 amide bonds. The Hall–Kier alpha value is -1.19. The maximum absolute atomic E-state index is 13.3. The second-order valence-corrected chi connectivity index (χ2v) is 5.38. The Morgan fingerprint density at radius 1 is 1.28 bits per heavy atom.